The van der Waals surface area contributed by atoms with Gasteiger partial charge in [-0.2, -0.15) is 4.98 Å². The van der Waals surface area contributed by atoms with Gasteiger partial charge < -0.3 is 9.84 Å². The zero-order chi connectivity index (χ0) is 25.1. The van der Waals surface area contributed by atoms with E-state index in [-0.39, 0.29) is 12.2 Å². The zero-order valence-electron chi connectivity index (χ0n) is 19.3. The average Bonchev–Trinajstić information content (AvgIpc) is 2.87. The van der Waals surface area contributed by atoms with Crippen molar-refractivity contribution in [2.75, 3.05) is 6.54 Å². The summed E-state index contributed by atoms with van der Waals surface area (Å²) in [6, 6.07) is 22.2. The molecule has 0 fully saturated rings. The van der Waals surface area contributed by atoms with Crippen molar-refractivity contribution in [3.8, 4) is 17.3 Å². The van der Waals surface area contributed by atoms with E-state index >= 15 is 0 Å². The molecule has 0 saturated carbocycles. The maximum Gasteiger partial charge on any atom is 0.335 e. The van der Waals surface area contributed by atoms with Crippen LogP contribution in [0, 0.1) is 0 Å². The lowest BCUT2D eigenvalue weighted by Crippen LogP contribution is -2.31. The summed E-state index contributed by atoms with van der Waals surface area (Å²) in [5.74, 6) is 0.0488. The second kappa shape index (κ2) is 10.7. The van der Waals surface area contributed by atoms with Crippen molar-refractivity contribution in [1.29, 1.82) is 0 Å². The zero-order valence-corrected chi connectivity index (χ0v) is 20.8. The summed E-state index contributed by atoms with van der Waals surface area (Å²) >= 11 is 12.5. The third-order valence-electron chi connectivity index (χ3n) is 6.05. The van der Waals surface area contributed by atoms with Gasteiger partial charge in [-0.15, -0.1) is 0 Å². The lowest BCUT2D eigenvalue weighted by atomic mass is 10.0. The Hall–Kier alpha value is -3.45. The third-order valence-corrected chi connectivity index (χ3v) is 6.48. The standard InChI is InChI=1S/C28H23Cl2N3O3/c29-22-12-21(13-23(30)14-22)26-31-25-10-11-33(15-18-4-2-1-3-5-18)16-24(25)27(32-26)36-17-19-6-8-20(9-7-19)28(34)35/h1-9,12-14H,10-11,15-17H2,(H,34,35). The van der Waals surface area contributed by atoms with Crippen molar-refractivity contribution < 1.29 is 14.6 Å². The van der Waals surface area contributed by atoms with E-state index in [1.807, 2.05) is 18.2 Å². The summed E-state index contributed by atoms with van der Waals surface area (Å²) in [7, 11) is 0. The van der Waals surface area contributed by atoms with E-state index < -0.39 is 5.97 Å². The molecule has 182 valence electrons. The summed E-state index contributed by atoms with van der Waals surface area (Å²) in [5, 5.41) is 10.2. The molecular formula is C28H23Cl2N3O3. The van der Waals surface area contributed by atoms with Gasteiger partial charge in [0.1, 0.15) is 6.61 Å². The number of nitrogens with zero attached hydrogens (tertiary/aromatic N) is 3. The second-order valence-electron chi connectivity index (χ2n) is 8.67. The maximum atomic E-state index is 11.2. The molecule has 0 spiro atoms. The van der Waals surface area contributed by atoms with Crippen LogP contribution in [0.3, 0.4) is 0 Å². The molecule has 6 nitrogen and oxygen atoms in total. The largest absolute Gasteiger partial charge is 0.478 e. The molecular weight excluding hydrogens is 497 g/mol. The van der Waals surface area contributed by atoms with Gasteiger partial charge >= 0.3 is 5.97 Å². The number of hydrogen-bond donors (Lipinski definition) is 1. The quantitative estimate of drug-likeness (QED) is 0.309. The fourth-order valence-electron chi connectivity index (χ4n) is 4.24. The predicted molar refractivity (Wildman–Crippen MR) is 139 cm³/mol. The molecule has 2 heterocycles. The molecule has 0 amide bonds. The number of ether oxygens (including phenoxy) is 1. The summed E-state index contributed by atoms with van der Waals surface area (Å²) in [6.45, 7) is 2.60. The van der Waals surface area contributed by atoms with Crippen LogP contribution in [0.15, 0.2) is 72.8 Å². The van der Waals surface area contributed by atoms with E-state index in [4.69, 9.17) is 43.0 Å². The number of carbonyl (C=O) groups is 1. The molecule has 0 saturated heterocycles. The van der Waals surface area contributed by atoms with Crippen molar-refractivity contribution in [1.82, 2.24) is 14.9 Å². The lowest BCUT2D eigenvalue weighted by Gasteiger charge is -2.29. The van der Waals surface area contributed by atoms with E-state index in [9.17, 15) is 4.79 Å². The first-order valence-electron chi connectivity index (χ1n) is 11.5. The number of hydrogen-bond acceptors (Lipinski definition) is 5. The van der Waals surface area contributed by atoms with Crippen LogP contribution in [0.25, 0.3) is 11.4 Å². The van der Waals surface area contributed by atoms with Crippen LogP contribution >= 0.6 is 23.2 Å². The number of rotatable bonds is 7. The first-order chi connectivity index (χ1) is 17.4. The number of halogens is 2. The molecule has 0 bridgehead atoms. The molecule has 0 atom stereocenters. The fraction of sp³-hybridized carbons (Fsp3) is 0.179. The van der Waals surface area contributed by atoms with Crippen LogP contribution in [0.4, 0.5) is 0 Å². The summed E-state index contributed by atoms with van der Waals surface area (Å²) in [4.78, 5) is 23.1. The van der Waals surface area contributed by atoms with Crippen molar-refractivity contribution in [3.05, 3.63) is 111 Å². The molecule has 5 rings (SSSR count). The Balaban J connectivity index is 1.46. The summed E-state index contributed by atoms with van der Waals surface area (Å²) in [6.07, 6.45) is 0.760. The Kier molecular flexibility index (Phi) is 7.18. The molecule has 1 aromatic heterocycles. The van der Waals surface area contributed by atoms with Crippen molar-refractivity contribution in [3.63, 3.8) is 0 Å². The monoisotopic (exact) mass is 519 g/mol. The molecule has 1 aliphatic heterocycles. The molecule has 8 heteroatoms. The van der Waals surface area contributed by atoms with Crippen LogP contribution in [-0.4, -0.2) is 32.5 Å². The van der Waals surface area contributed by atoms with Gasteiger partial charge in [0.15, 0.2) is 5.82 Å². The molecule has 3 aromatic carbocycles. The number of fused-ring (bicyclic) bond motifs is 1. The van der Waals surface area contributed by atoms with E-state index in [1.165, 1.54) is 5.56 Å². The maximum absolute atomic E-state index is 11.2. The van der Waals surface area contributed by atoms with Gasteiger partial charge in [0.05, 0.1) is 11.3 Å². The molecule has 0 radical (unpaired) electrons. The van der Waals surface area contributed by atoms with Gasteiger partial charge in [0.25, 0.3) is 0 Å². The number of aromatic nitrogens is 2. The minimum absolute atomic E-state index is 0.231. The van der Waals surface area contributed by atoms with E-state index in [0.717, 1.165) is 41.9 Å². The number of carboxylic acid groups (broad SMARTS) is 1. The highest BCUT2D eigenvalue weighted by Gasteiger charge is 2.24. The van der Waals surface area contributed by atoms with Gasteiger partial charge in [-0.3, -0.25) is 4.90 Å². The van der Waals surface area contributed by atoms with Crippen LogP contribution < -0.4 is 4.74 Å². The molecule has 4 aromatic rings. The number of benzene rings is 3. The highest BCUT2D eigenvalue weighted by molar-refractivity contribution is 6.35. The van der Waals surface area contributed by atoms with Gasteiger partial charge in [0.2, 0.25) is 5.88 Å². The molecule has 0 unspecified atom stereocenters. The predicted octanol–water partition coefficient (Wildman–Crippen LogP) is 6.29. The van der Waals surface area contributed by atoms with Crippen molar-refractivity contribution >= 4 is 29.2 Å². The Morgan fingerprint density at radius 1 is 0.944 bits per heavy atom. The Morgan fingerprint density at radius 3 is 2.36 bits per heavy atom. The second-order valence-corrected chi connectivity index (χ2v) is 9.55. The Bertz CT molecular complexity index is 1380. The molecule has 1 N–H and O–H groups in total. The highest BCUT2D eigenvalue weighted by Crippen LogP contribution is 2.32. The molecule has 1 aliphatic rings. The number of carboxylic acids is 1. The molecule has 36 heavy (non-hydrogen) atoms. The van der Waals surface area contributed by atoms with Crippen LogP contribution in [0.5, 0.6) is 5.88 Å². The van der Waals surface area contributed by atoms with Crippen LogP contribution in [0.1, 0.15) is 32.7 Å². The lowest BCUT2D eigenvalue weighted by molar-refractivity contribution is 0.0697. The van der Waals surface area contributed by atoms with E-state index in [1.54, 1.807) is 42.5 Å². The first-order valence-corrected chi connectivity index (χ1v) is 12.3. The van der Waals surface area contributed by atoms with Gasteiger partial charge in [-0.05, 0) is 41.5 Å². The fourth-order valence-corrected chi connectivity index (χ4v) is 4.77. The normalized spacial score (nSPS) is 13.3. The minimum Gasteiger partial charge on any atom is -0.478 e. The SMILES string of the molecule is O=C(O)c1ccc(COc2nc(-c3cc(Cl)cc(Cl)c3)nc3c2CN(Cc2ccccc2)CC3)cc1. The smallest absolute Gasteiger partial charge is 0.335 e. The van der Waals surface area contributed by atoms with Crippen molar-refractivity contribution in [2.45, 2.75) is 26.1 Å². The topological polar surface area (TPSA) is 75.5 Å². The Morgan fingerprint density at radius 2 is 1.67 bits per heavy atom. The Labute approximate surface area is 219 Å². The van der Waals surface area contributed by atoms with Crippen molar-refractivity contribution in [2.24, 2.45) is 0 Å². The van der Waals surface area contributed by atoms with E-state index in [0.29, 0.717) is 28.3 Å². The summed E-state index contributed by atoms with van der Waals surface area (Å²) < 4.78 is 6.22. The van der Waals surface area contributed by atoms with Crippen LogP contribution in [0.2, 0.25) is 10.0 Å². The van der Waals surface area contributed by atoms with Gasteiger partial charge in [0, 0.05) is 47.2 Å². The minimum atomic E-state index is -0.962. The number of aromatic carboxylic acids is 1. The van der Waals surface area contributed by atoms with Gasteiger partial charge in [-0.1, -0.05) is 65.7 Å². The first kappa shape index (κ1) is 24.3. The van der Waals surface area contributed by atoms with E-state index in [2.05, 4.69) is 17.0 Å². The average molecular weight is 520 g/mol. The summed E-state index contributed by atoms with van der Waals surface area (Å²) in [5.41, 5.74) is 4.94. The highest BCUT2D eigenvalue weighted by atomic mass is 35.5. The van der Waals surface area contributed by atoms with Gasteiger partial charge in [-0.25, -0.2) is 9.78 Å². The van der Waals surface area contributed by atoms with Crippen LogP contribution in [-0.2, 0) is 26.1 Å². The molecule has 0 aliphatic carbocycles. The third kappa shape index (κ3) is 5.68.